The van der Waals surface area contributed by atoms with Crippen LogP contribution in [0, 0.1) is 11.3 Å². The SMILES string of the molecule is N#Cc1ccc2c(c1)c1ccccc1n2-c1ccc2sc3ccccc3c2c1. The highest BCUT2D eigenvalue weighted by atomic mass is 32.1. The fraction of sp³-hybridized carbons (Fsp3) is 0. The maximum absolute atomic E-state index is 9.33. The quantitative estimate of drug-likeness (QED) is 0.304. The molecule has 2 nitrogen and oxygen atoms in total. The van der Waals surface area contributed by atoms with Crippen molar-refractivity contribution in [1.82, 2.24) is 4.57 Å². The van der Waals surface area contributed by atoms with E-state index in [1.165, 1.54) is 25.6 Å². The Labute approximate surface area is 165 Å². The summed E-state index contributed by atoms with van der Waals surface area (Å²) in [5.74, 6) is 0. The monoisotopic (exact) mass is 374 g/mol. The minimum absolute atomic E-state index is 0.690. The lowest BCUT2D eigenvalue weighted by atomic mass is 10.1. The number of benzene rings is 4. The maximum atomic E-state index is 9.33. The molecule has 0 aliphatic heterocycles. The molecule has 0 saturated heterocycles. The van der Waals surface area contributed by atoms with E-state index in [2.05, 4.69) is 83.4 Å². The lowest BCUT2D eigenvalue weighted by Crippen LogP contribution is -1.93. The van der Waals surface area contributed by atoms with Crippen LogP contribution in [0.5, 0.6) is 0 Å². The molecule has 0 atom stereocenters. The molecule has 0 aliphatic rings. The fourth-order valence-corrected chi connectivity index (χ4v) is 5.26. The van der Waals surface area contributed by atoms with Gasteiger partial charge >= 0.3 is 0 Å². The van der Waals surface area contributed by atoms with Crippen LogP contribution in [0.15, 0.2) is 84.9 Å². The van der Waals surface area contributed by atoms with Crippen LogP contribution in [-0.2, 0) is 0 Å². The van der Waals surface area contributed by atoms with Gasteiger partial charge in [-0.3, -0.25) is 0 Å². The number of nitriles is 1. The maximum Gasteiger partial charge on any atom is 0.0991 e. The Bertz CT molecular complexity index is 1580. The Morgan fingerprint density at radius 2 is 1.39 bits per heavy atom. The standard InChI is InChI=1S/C25H14N2S/c26-15-16-9-11-23-20(13-16)18-5-1-3-7-22(18)27(23)17-10-12-25-21(14-17)19-6-2-4-8-24(19)28-25/h1-14H. The van der Waals surface area contributed by atoms with E-state index in [-0.39, 0.29) is 0 Å². The third-order valence-corrected chi connectivity index (χ3v) is 6.57. The van der Waals surface area contributed by atoms with E-state index in [4.69, 9.17) is 0 Å². The molecule has 0 aliphatic carbocycles. The normalized spacial score (nSPS) is 11.5. The summed E-state index contributed by atoms with van der Waals surface area (Å²) in [4.78, 5) is 0. The van der Waals surface area contributed by atoms with Crippen molar-refractivity contribution in [2.45, 2.75) is 0 Å². The smallest absolute Gasteiger partial charge is 0.0991 e. The van der Waals surface area contributed by atoms with Gasteiger partial charge in [-0.2, -0.15) is 5.26 Å². The number of nitrogens with zero attached hydrogens (tertiary/aromatic N) is 2. The molecule has 6 aromatic rings. The highest BCUT2D eigenvalue weighted by Crippen LogP contribution is 2.37. The summed E-state index contributed by atoms with van der Waals surface area (Å²) in [5.41, 5.74) is 4.12. The van der Waals surface area contributed by atoms with Crippen molar-refractivity contribution < 1.29 is 0 Å². The Morgan fingerprint density at radius 3 is 2.29 bits per heavy atom. The van der Waals surface area contributed by atoms with Gasteiger partial charge in [0.1, 0.15) is 0 Å². The number of para-hydroxylation sites is 1. The van der Waals surface area contributed by atoms with Crippen LogP contribution in [0.25, 0.3) is 47.7 Å². The molecular weight excluding hydrogens is 360 g/mol. The predicted molar refractivity (Wildman–Crippen MR) is 118 cm³/mol. The second-order valence-electron chi connectivity index (χ2n) is 6.97. The fourth-order valence-electron chi connectivity index (χ4n) is 4.17. The highest BCUT2D eigenvalue weighted by molar-refractivity contribution is 7.25. The lowest BCUT2D eigenvalue weighted by molar-refractivity contribution is 1.19. The van der Waals surface area contributed by atoms with Crippen molar-refractivity contribution in [2.24, 2.45) is 0 Å². The van der Waals surface area contributed by atoms with Crippen molar-refractivity contribution in [3.63, 3.8) is 0 Å². The average molecular weight is 374 g/mol. The number of aromatic nitrogens is 1. The molecule has 6 rings (SSSR count). The van der Waals surface area contributed by atoms with Crippen LogP contribution in [0.1, 0.15) is 5.56 Å². The van der Waals surface area contributed by atoms with E-state index >= 15 is 0 Å². The van der Waals surface area contributed by atoms with Crippen LogP contribution >= 0.6 is 11.3 Å². The largest absolute Gasteiger partial charge is 0.309 e. The van der Waals surface area contributed by atoms with Crippen LogP contribution < -0.4 is 0 Å². The molecule has 0 unspecified atom stereocenters. The number of hydrogen-bond acceptors (Lipinski definition) is 2. The van der Waals surface area contributed by atoms with Crippen molar-refractivity contribution in [2.75, 3.05) is 0 Å². The molecule has 0 amide bonds. The molecule has 0 spiro atoms. The summed E-state index contributed by atoms with van der Waals surface area (Å²) in [5, 5.41) is 14.2. The van der Waals surface area contributed by atoms with Crippen LogP contribution in [0.4, 0.5) is 0 Å². The van der Waals surface area contributed by atoms with E-state index in [1.54, 1.807) is 0 Å². The number of hydrogen-bond donors (Lipinski definition) is 0. The van der Waals surface area contributed by atoms with Crippen molar-refractivity contribution in [3.8, 4) is 11.8 Å². The van der Waals surface area contributed by atoms with Crippen LogP contribution in [0.2, 0.25) is 0 Å². The molecule has 0 bridgehead atoms. The lowest BCUT2D eigenvalue weighted by Gasteiger charge is -2.08. The molecule has 3 heteroatoms. The molecule has 2 aromatic heterocycles. The molecule has 130 valence electrons. The first-order valence-corrected chi connectivity index (χ1v) is 10.00. The van der Waals surface area contributed by atoms with E-state index in [0.717, 1.165) is 22.1 Å². The van der Waals surface area contributed by atoms with Gasteiger partial charge in [0.05, 0.1) is 22.7 Å². The molecule has 2 heterocycles. The van der Waals surface area contributed by atoms with Crippen LogP contribution in [-0.4, -0.2) is 4.57 Å². The zero-order valence-corrected chi connectivity index (χ0v) is 15.7. The van der Waals surface area contributed by atoms with Crippen LogP contribution in [0.3, 0.4) is 0 Å². The molecule has 4 aromatic carbocycles. The second-order valence-corrected chi connectivity index (χ2v) is 8.06. The number of rotatable bonds is 1. The van der Waals surface area contributed by atoms with Crippen molar-refractivity contribution in [3.05, 3.63) is 90.5 Å². The van der Waals surface area contributed by atoms with E-state index < -0.39 is 0 Å². The molecule has 28 heavy (non-hydrogen) atoms. The Kier molecular flexibility index (Phi) is 3.14. The van der Waals surface area contributed by atoms with Gasteiger partial charge in [-0.25, -0.2) is 0 Å². The average Bonchev–Trinajstić information content (AvgIpc) is 3.28. The highest BCUT2D eigenvalue weighted by Gasteiger charge is 2.14. The summed E-state index contributed by atoms with van der Waals surface area (Å²) in [6, 6.07) is 31.9. The van der Waals surface area contributed by atoms with Crippen molar-refractivity contribution >= 4 is 53.3 Å². The summed E-state index contributed by atoms with van der Waals surface area (Å²) in [6.07, 6.45) is 0. The predicted octanol–water partition coefficient (Wildman–Crippen LogP) is 7.02. The van der Waals surface area contributed by atoms with Gasteiger partial charge < -0.3 is 4.57 Å². The molecule has 0 radical (unpaired) electrons. The first-order valence-electron chi connectivity index (χ1n) is 9.18. The topological polar surface area (TPSA) is 28.7 Å². The zero-order valence-electron chi connectivity index (χ0n) is 14.9. The van der Waals surface area contributed by atoms with Gasteiger partial charge in [0.25, 0.3) is 0 Å². The third-order valence-electron chi connectivity index (χ3n) is 5.42. The van der Waals surface area contributed by atoms with E-state index in [0.29, 0.717) is 5.56 Å². The third kappa shape index (κ3) is 2.07. The minimum Gasteiger partial charge on any atom is -0.309 e. The van der Waals surface area contributed by atoms with E-state index in [1.807, 2.05) is 23.5 Å². The molecule has 0 saturated carbocycles. The Hall–Kier alpha value is -3.61. The Balaban J connectivity index is 1.74. The Morgan fingerprint density at radius 1 is 0.643 bits per heavy atom. The second kappa shape index (κ2) is 5.69. The van der Waals surface area contributed by atoms with Gasteiger partial charge in [-0.05, 0) is 48.5 Å². The molecule has 0 N–H and O–H groups in total. The summed E-state index contributed by atoms with van der Waals surface area (Å²) in [6.45, 7) is 0. The summed E-state index contributed by atoms with van der Waals surface area (Å²) >= 11 is 1.83. The van der Waals surface area contributed by atoms with Gasteiger partial charge in [0, 0.05) is 36.6 Å². The summed E-state index contributed by atoms with van der Waals surface area (Å²) < 4.78 is 4.92. The van der Waals surface area contributed by atoms with Gasteiger partial charge in [-0.15, -0.1) is 11.3 Å². The first-order chi connectivity index (χ1) is 13.8. The van der Waals surface area contributed by atoms with Crippen molar-refractivity contribution in [1.29, 1.82) is 5.26 Å². The first kappa shape index (κ1) is 15.4. The van der Waals surface area contributed by atoms with Gasteiger partial charge in [0.2, 0.25) is 0 Å². The number of thiophene rings is 1. The molecule has 0 fully saturated rings. The zero-order chi connectivity index (χ0) is 18.7. The number of fused-ring (bicyclic) bond motifs is 6. The van der Waals surface area contributed by atoms with Gasteiger partial charge in [0.15, 0.2) is 0 Å². The molecular formula is C25H14N2S. The summed E-state index contributed by atoms with van der Waals surface area (Å²) in [7, 11) is 0. The van der Waals surface area contributed by atoms with E-state index in [9.17, 15) is 5.26 Å². The van der Waals surface area contributed by atoms with Gasteiger partial charge in [-0.1, -0.05) is 36.4 Å². The minimum atomic E-state index is 0.690.